The van der Waals surface area contributed by atoms with Crippen LogP contribution >= 0.6 is 0 Å². The van der Waals surface area contributed by atoms with Gasteiger partial charge in [0, 0.05) is 20.0 Å². The van der Waals surface area contributed by atoms with Crippen molar-refractivity contribution < 1.29 is 29.2 Å². The van der Waals surface area contributed by atoms with Gasteiger partial charge in [0.1, 0.15) is 6.29 Å². The third kappa shape index (κ3) is 15.8. The Balaban J connectivity index is 0.000000295. The summed E-state index contributed by atoms with van der Waals surface area (Å²) in [5.74, 6) is 0. The lowest BCUT2D eigenvalue weighted by molar-refractivity contribution is -0.112. The molecule has 1 aliphatic carbocycles. The summed E-state index contributed by atoms with van der Waals surface area (Å²) in [6.45, 7) is 1.87. The van der Waals surface area contributed by atoms with Crippen LogP contribution in [0.25, 0.3) is 0 Å². The average molecular weight is 561 g/mol. The normalized spacial score (nSPS) is 13.5. The smallest absolute Gasteiger partial charge is 0.122 e. The van der Waals surface area contributed by atoms with Crippen LogP contribution in [0.3, 0.4) is 0 Å². The van der Waals surface area contributed by atoms with Crippen molar-refractivity contribution in [3.63, 3.8) is 0 Å². The van der Waals surface area contributed by atoms with Gasteiger partial charge in [0.25, 0.3) is 0 Å². The van der Waals surface area contributed by atoms with E-state index in [2.05, 4.69) is 6.08 Å². The molecule has 6 heteroatoms. The zero-order valence-electron chi connectivity index (χ0n) is 24.0. The lowest BCUT2D eigenvalue weighted by atomic mass is 10.1. The summed E-state index contributed by atoms with van der Waals surface area (Å²) < 4.78 is 17.1. The van der Waals surface area contributed by atoms with Crippen molar-refractivity contribution in [1.29, 1.82) is 0 Å². The SMILES string of the molecule is COC(COCc1ccccc1)CC(CC=O)OCc1ccccc1.OCC1=CC=CCC1.OCc1ccccc1. The molecule has 0 fully saturated rings. The van der Waals surface area contributed by atoms with Crippen LogP contribution in [-0.2, 0) is 38.8 Å². The molecule has 220 valence electrons. The van der Waals surface area contributed by atoms with Gasteiger partial charge in [-0.15, -0.1) is 0 Å². The fraction of sp³-hybridized carbons (Fsp3) is 0.343. The zero-order valence-corrected chi connectivity index (χ0v) is 24.0. The van der Waals surface area contributed by atoms with E-state index in [1.807, 2.05) is 103 Å². The van der Waals surface area contributed by atoms with Crippen molar-refractivity contribution in [1.82, 2.24) is 0 Å². The minimum absolute atomic E-state index is 0.107. The second-order valence-corrected chi connectivity index (χ2v) is 9.51. The van der Waals surface area contributed by atoms with Gasteiger partial charge in [0.05, 0.1) is 45.2 Å². The Morgan fingerprint density at radius 2 is 1.37 bits per heavy atom. The molecule has 1 aliphatic rings. The van der Waals surface area contributed by atoms with Crippen molar-refractivity contribution in [2.75, 3.05) is 20.3 Å². The number of carbonyl (C=O) groups is 1. The molecule has 0 aromatic heterocycles. The number of aliphatic hydroxyl groups is 2. The molecule has 41 heavy (non-hydrogen) atoms. The molecule has 3 aromatic carbocycles. The molecule has 2 unspecified atom stereocenters. The van der Waals surface area contributed by atoms with E-state index in [9.17, 15) is 4.79 Å². The Hall–Kier alpha value is -3.39. The maximum absolute atomic E-state index is 10.9. The molecule has 0 saturated carbocycles. The van der Waals surface area contributed by atoms with E-state index in [1.165, 1.54) is 0 Å². The van der Waals surface area contributed by atoms with Crippen molar-refractivity contribution in [2.45, 2.75) is 57.7 Å². The van der Waals surface area contributed by atoms with Crippen LogP contribution in [0, 0.1) is 0 Å². The Labute approximate surface area is 244 Å². The monoisotopic (exact) mass is 560 g/mol. The molecule has 0 aliphatic heterocycles. The van der Waals surface area contributed by atoms with E-state index in [-0.39, 0.29) is 25.4 Å². The van der Waals surface area contributed by atoms with Gasteiger partial charge in [0.15, 0.2) is 0 Å². The van der Waals surface area contributed by atoms with Crippen molar-refractivity contribution in [3.8, 4) is 0 Å². The van der Waals surface area contributed by atoms with Crippen molar-refractivity contribution in [2.24, 2.45) is 0 Å². The number of hydrogen-bond donors (Lipinski definition) is 2. The van der Waals surface area contributed by atoms with Gasteiger partial charge in [-0.25, -0.2) is 0 Å². The lowest BCUT2D eigenvalue weighted by Gasteiger charge is -2.22. The number of hydrogen-bond acceptors (Lipinski definition) is 6. The number of aliphatic hydroxyl groups excluding tert-OH is 2. The molecule has 0 saturated heterocycles. The van der Waals surface area contributed by atoms with Crippen LogP contribution in [0.1, 0.15) is 42.4 Å². The molecule has 0 heterocycles. The minimum atomic E-state index is -0.178. The van der Waals surface area contributed by atoms with Gasteiger partial charge < -0.3 is 29.2 Å². The topological polar surface area (TPSA) is 85.2 Å². The first-order valence-corrected chi connectivity index (χ1v) is 14.0. The summed E-state index contributed by atoms with van der Waals surface area (Å²) in [5, 5.41) is 17.1. The molecule has 4 rings (SSSR count). The van der Waals surface area contributed by atoms with Crippen LogP contribution < -0.4 is 0 Å². The molecule has 3 aromatic rings. The zero-order chi connectivity index (χ0) is 29.4. The maximum Gasteiger partial charge on any atom is 0.122 e. The molecule has 0 spiro atoms. The molecular weight excluding hydrogens is 516 g/mol. The van der Waals surface area contributed by atoms with Crippen LogP contribution in [0.15, 0.2) is 115 Å². The molecule has 6 nitrogen and oxygen atoms in total. The first kappa shape index (κ1) is 33.8. The van der Waals surface area contributed by atoms with E-state index in [4.69, 9.17) is 24.4 Å². The third-order valence-corrected chi connectivity index (χ3v) is 6.29. The number of rotatable bonds is 14. The highest BCUT2D eigenvalue weighted by atomic mass is 16.5. The van der Waals surface area contributed by atoms with E-state index in [1.54, 1.807) is 7.11 Å². The molecule has 2 N–H and O–H groups in total. The van der Waals surface area contributed by atoms with Crippen molar-refractivity contribution in [3.05, 3.63) is 131 Å². The largest absolute Gasteiger partial charge is 0.392 e. The Morgan fingerprint density at radius 3 is 1.80 bits per heavy atom. The maximum atomic E-state index is 10.9. The Kier molecular flexibility index (Phi) is 18.4. The predicted octanol–water partition coefficient (Wildman–Crippen LogP) is 6.22. The lowest BCUT2D eigenvalue weighted by Crippen LogP contribution is -2.26. The fourth-order valence-electron chi connectivity index (χ4n) is 3.90. The summed E-state index contributed by atoms with van der Waals surface area (Å²) in [5.41, 5.74) is 4.33. The molecular formula is C35H44O6. The molecule has 0 amide bonds. The standard InChI is InChI=1S/C21H26O4.C7H10O.C7H8O/c1-23-21(17-24-15-18-8-4-2-5-9-18)14-20(12-13-22)25-16-19-10-6-3-7-11-19;2*8-6-7-4-2-1-3-5-7/h2-11,13,20-21H,12,14-17H2,1H3;1-2,4,8H,3,5-6H2;1-5,8H,6H2. The molecule has 0 radical (unpaired) electrons. The second kappa shape index (κ2) is 22.3. The van der Waals surface area contributed by atoms with Gasteiger partial charge in [-0.2, -0.15) is 0 Å². The minimum Gasteiger partial charge on any atom is -0.392 e. The first-order valence-electron chi connectivity index (χ1n) is 14.0. The summed E-state index contributed by atoms with van der Waals surface area (Å²) >= 11 is 0. The Bertz CT molecular complexity index is 1100. The number of ether oxygens (including phenoxy) is 3. The average Bonchev–Trinajstić information content (AvgIpc) is 3.05. The summed E-state index contributed by atoms with van der Waals surface area (Å²) in [4.78, 5) is 10.9. The van der Waals surface area contributed by atoms with Gasteiger partial charge >= 0.3 is 0 Å². The fourth-order valence-corrected chi connectivity index (χ4v) is 3.90. The van der Waals surface area contributed by atoms with E-state index < -0.39 is 0 Å². The number of benzene rings is 3. The number of allylic oxidation sites excluding steroid dienone is 3. The van der Waals surface area contributed by atoms with Gasteiger partial charge in [-0.1, -0.05) is 109 Å². The summed E-state index contributed by atoms with van der Waals surface area (Å²) in [6.07, 6.45) is 9.79. The molecule has 2 atom stereocenters. The van der Waals surface area contributed by atoms with Gasteiger partial charge in [0.2, 0.25) is 0 Å². The molecule has 0 bridgehead atoms. The third-order valence-electron chi connectivity index (χ3n) is 6.29. The highest BCUT2D eigenvalue weighted by molar-refractivity contribution is 5.50. The summed E-state index contributed by atoms with van der Waals surface area (Å²) in [6, 6.07) is 29.5. The van der Waals surface area contributed by atoms with E-state index in [0.717, 1.165) is 41.4 Å². The quantitative estimate of drug-likeness (QED) is 0.228. The van der Waals surface area contributed by atoms with Gasteiger partial charge in [-0.3, -0.25) is 0 Å². The van der Waals surface area contributed by atoms with Crippen LogP contribution in [-0.4, -0.2) is 49.0 Å². The number of methoxy groups -OCH3 is 1. The van der Waals surface area contributed by atoms with E-state index in [0.29, 0.717) is 32.7 Å². The predicted molar refractivity (Wildman–Crippen MR) is 163 cm³/mol. The second-order valence-electron chi connectivity index (χ2n) is 9.51. The number of aldehydes is 1. The number of carbonyl (C=O) groups excluding carboxylic acids is 1. The van der Waals surface area contributed by atoms with Crippen LogP contribution in [0.2, 0.25) is 0 Å². The van der Waals surface area contributed by atoms with Crippen LogP contribution in [0.5, 0.6) is 0 Å². The Morgan fingerprint density at radius 1 is 0.780 bits per heavy atom. The highest BCUT2D eigenvalue weighted by Crippen LogP contribution is 2.13. The highest BCUT2D eigenvalue weighted by Gasteiger charge is 2.17. The first-order chi connectivity index (χ1) is 20.2. The van der Waals surface area contributed by atoms with Gasteiger partial charge in [-0.05, 0) is 35.1 Å². The summed E-state index contributed by atoms with van der Waals surface area (Å²) in [7, 11) is 1.66. The van der Waals surface area contributed by atoms with E-state index >= 15 is 0 Å². The van der Waals surface area contributed by atoms with Crippen LogP contribution in [0.4, 0.5) is 0 Å². The van der Waals surface area contributed by atoms with Crippen molar-refractivity contribution >= 4 is 6.29 Å².